The third-order valence-corrected chi connectivity index (χ3v) is 6.86. The summed E-state index contributed by atoms with van der Waals surface area (Å²) in [5.41, 5.74) is 3.48. The molecule has 0 aliphatic carbocycles. The average Bonchev–Trinajstić information content (AvgIpc) is 3.24. The first-order chi connectivity index (χ1) is 13.7. The lowest BCUT2D eigenvalue weighted by atomic mass is 10.1. The van der Waals surface area contributed by atoms with E-state index in [4.69, 9.17) is 4.42 Å². The Labute approximate surface area is 170 Å². The Balaban J connectivity index is 1.63. The van der Waals surface area contributed by atoms with Gasteiger partial charge in [0.2, 0.25) is 15.7 Å². The van der Waals surface area contributed by atoms with Gasteiger partial charge in [-0.1, -0.05) is 29.8 Å². The molecular weight excluding hydrogens is 390 g/mol. The lowest BCUT2D eigenvalue weighted by Crippen LogP contribution is -2.55. The third kappa shape index (κ3) is 3.82. The smallest absolute Gasteiger partial charge is 0.270 e. The van der Waals surface area contributed by atoms with Crippen molar-refractivity contribution in [1.29, 1.82) is 0 Å². The van der Waals surface area contributed by atoms with E-state index in [1.54, 1.807) is 11.2 Å². The summed E-state index contributed by atoms with van der Waals surface area (Å²) in [5, 5.41) is 0.878. The van der Waals surface area contributed by atoms with Gasteiger partial charge in [-0.25, -0.2) is 8.42 Å². The highest BCUT2D eigenvalue weighted by molar-refractivity contribution is 7.88. The molecule has 0 N–H and O–H groups in total. The lowest BCUT2D eigenvalue weighted by Gasteiger charge is -2.38. The molecule has 0 bridgehead atoms. The summed E-state index contributed by atoms with van der Waals surface area (Å²) in [5.74, 6) is -0.108. The molecule has 1 fully saturated rings. The fourth-order valence-corrected chi connectivity index (χ4v) is 5.10. The second-order valence-corrected chi connectivity index (χ2v) is 9.69. The van der Waals surface area contributed by atoms with Gasteiger partial charge in [0.15, 0.2) is 0 Å². The number of benzene rings is 1. The Hall–Kier alpha value is -2.58. The van der Waals surface area contributed by atoms with Crippen LogP contribution in [0.5, 0.6) is 0 Å². The Morgan fingerprint density at radius 1 is 1.17 bits per heavy atom. The predicted octanol–water partition coefficient (Wildman–Crippen LogP) is 2.70. The van der Waals surface area contributed by atoms with Crippen LogP contribution in [0.2, 0.25) is 0 Å². The number of aryl methyl sites for hydroxylation is 1. The maximum absolute atomic E-state index is 13.3. The third-order valence-electron chi connectivity index (χ3n) is 5.46. The molecule has 0 saturated carbocycles. The molecule has 1 aromatic carbocycles. The van der Waals surface area contributed by atoms with Crippen molar-refractivity contribution in [3.05, 3.63) is 59.5 Å². The summed E-state index contributed by atoms with van der Waals surface area (Å²) in [6.45, 7) is 5.43. The molecule has 7 nitrogen and oxygen atoms in total. The Morgan fingerprint density at radius 2 is 1.90 bits per heavy atom. The van der Waals surface area contributed by atoms with Gasteiger partial charge in [0.05, 0.1) is 19.1 Å². The van der Waals surface area contributed by atoms with E-state index in [-0.39, 0.29) is 11.9 Å². The summed E-state index contributed by atoms with van der Waals surface area (Å²) in [4.78, 5) is 15.1. The molecule has 0 radical (unpaired) electrons. The van der Waals surface area contributed by atoms with Gasteiger partial charge in [-0.2, -0.15) is 4.31 Å². The van der Waals surface area contributed by atoms with E-state index in [1.165, 1.54) is 16.1 Å². The maximum atomic E-state index is 13.3. The van der Waals surface area contributed by atoms with Gasteiger partial charge in [-0.05, 0) is 31.5 Å². The highest BCUT2D eigenvalue weighted by Gasteiger charge is 2.33. The van der Waals surface area contributed by atoms with Crippen LogP contribution in [-0.2, 0) is 16.6 Å². The van der Waals surface area contributed by atoms with Crippen LogP contribution < -0.4 is 0 Å². The number of hydrogen-bond donors (Lipinski definition) is 0. The van der Waals surface area contributed by atoms with E-state index in [0.29, 0.717) is 37.6 Å². The van der Waals surface area contributed by atoms with E-state index in [0.717, 1.165) is 10.9 Å². The van der Waals surface area contributed by atoms with Crippen molar-refractivity contribution in [3.8, 4) is 0 Å². The number of fused-ring (bicyclic) bond motifs is 1. The number of carbonyl (C=O) groups is 1. The minimum Gasteiger partial charge on any atom is -0.448 e. The zero-order valence-corrected chi connectivity index (χ0v) is 17.6. The standard InChI is InChI=1S/C21H25N3O4S/c1-15-4-6-17(7-5-15)14-23-19(12-18-8-11-28-21(18)23)20(25)22-9-10-24(16(2)13-22)29(3,26)27/h4-8,11-12,16H,9-10,13-14H2,1-3H3/t16-/m1/s1. The second-order valence-electron chi connectivity index (χ2n) is 7.76. The lowest BCUT2D eigenvalue weighted by molar-refractivity contribution is 0.0632. The molecule has 29 heavy (non-hydrogen) atoms. The van der Waals surface area contributed by atoms with Gasteiger partial charge >= 0.3 is 0 Å². The van der Waals surface area contributed by atoms with Crippen molar-refractivity contribution >= 4 is 27.0 Å². The first-order valence-electron chi connectivity index (χ1n) is 9.62. The molecule has 1 aliphatic heterocycles. The van der Waals surface area contributed by atoms with E-state index in [9.17, 15) is 13.2 Å². The largest absolute Gasteiger partial charge is 0.448 e. The molecule has 4 rings (SSSR count). The topological polar surface area (TPSA) is 75.8 Å². The van der Waals surface area contributed by atoms with Crippen LogP contribution in [0.15, 0.2) is 47.1 Å². The molecule has 0 spiro atoms. The van der Waals surface area contributed by atoms with Crippen molar-refractivity contribution < 1.29 is 17.6 Å². The van der Waals surface area contributed by atoms with Crippen LogP contribution in [0.25, 0.3) is 11.1 Å². The number of sulfonamides is 1. The number of nitrogens with zero attached hydrogens (tertiary/aromatic N) is 3. The van der Waals surface area contributed by atoms with Crippen LogP contribution in [0, 0.1) is 6.92 Å². The summed E-state index contributed by atoms with van der Waals surface area (Å²) < 4.78 is 32.8. The molecule has 8 heteroatoms. The van der Waals surface area contributed by atoms with Crippen molar-refractivity contribution in [2.75, 3.05) is 25.9 Å². The van der Waals surface area contributed by atoms with E-state index >= 15 is 0 Å². The Kier molecular flexibility index (Phi) is 5.00. The molecule has 2 aromatic heterocycles. The normalized spacial score (nSPS) is 18.4. The molecule has 1 amide bonds. The Bertz CT molecular complexity index is 1140. The molecular formula is C21H25N3O4S. The highest BCUT2D eigenvalue weighted by atomic mass is 32.2. The summed E-state index contributed by atoms with van der Waals surface area (Å²) in [6.07, 6.45) is 2.83. The number of rotatable bonds is 4. The zero-order chi connectivity index (χ0) is 20.8. The van der Waals surface area contributed by atoms with Gasteiger partial charge in [-0.15, -0.1) is 0 Å². The zero-order valence-electron chi connectivity index (χ0n) is 16.8. The number of hydrogen-bond acceptors (Lipinski definition) is 4. The summed E-state index contributed by atoms with van der Waals surface area (Å²) >= 11 is 0. The van der Waals surface area contributed by atoms with Crippen LogP contribution in [-0.4, -0.2) is 60.0 Å². The van der Waals surface area contributed by atoms with Gasteiger partial charge in [0.25, 0.3) is 5.91 Å². The molecule has 1 aliphatic rings. The number of furan rings is 1. The van der Waals surface area contributed by atoms with Gasteiger partial charge in [-0.3, -0.25) is 4.79 Å². The second kappa shape index (κ2) is 7.35. The van der Waals surface area contributed by atoms with Crippen LogP contribution in [0.4, 0.5) is 0 Å². The number of amides is 1. The first-order valence-corrected chi connectivity index (χ1v) is 11.5. The molecule has 1 atom stereocenters. The molecule has 154 valence electrons. The van der Waals surface area contributed by atoms with E-state index < -0.39 is 10.0 Å². The van der Waals surface area contributed by atoms with Gasteiger partial charge in [0.1, 0.15) is 5.69 Å². The average molecular weight is 416 g/mol. The molecule has 0 unspecified atom stereocenters. The quantitative estimate of drug-likeness (QED) is 0.657. The Morgan fingerprint density at radius 3 is 2.55 bits per heavy atom. The fourth-order valence-electron chi connectivity index (χ4n) is 3.97. The minimum absolute atomic E-state index is 0.108. The molecule has 3 heterocycles. The first kappa shape index (κ1) is 19.7. The number of piperazine rings is 1. The fraction of sp³-hybridized carbons (Fsp3) is 0.381. The summed E-state index contributed by atoms with van der Waals surface area (Å²) in [6, 6.07) is 11.6. The van der Waals surface area contributed by atoms with Crippen molar-refractivity contribution in [1.82, 2.24) is 13.8 Å². The van der Waals surface area contributed by atoms with Crippen LogP contribution in [0.3, 0.4) is 0 Å². The molecule has 3 aromatic rings. The minimum atomic E-state index is -3.28. The van der Waals surface area contributed by atoms with Crippen LogP contribution >= 0.6 is 0 Å². The van der Waals surface area contributed by atoms with Gasteiger partial charge < -0.3 is 13.9 Å². The maximum Gasteiger partial charge on any atom is 0.270 e. The van der Waals surface area contributed by atoms with Crippen molar-refractivity contribution in [2.24, 2.45) is 0 Å². The monoisotopic (exact) mass is 415 g/mol. The molecule has 1 saturated heterocycles. The van der Waals surface area contributed by atoms with Crippen molar-refractivity contribution in [3.63, 3.8) is 0 Å². The summed E-state index contributed by atoms with van der Waals surface area (Å²) in [7, 11) is -3.28. The van der Waals surface area contributed by atoms with E-state index in [2.05, 4.69) is 0 Å². The van der Waals surface area contributed by atoms with Gasteiger partial charge in [0, 0.05) is 31.1 Å². The highest BCUT2D eigenvalue weighted by Crippen LogP contribution is 2.25. The number of carbonyl (C=O) groups excluding carboxylic acids is 1. The van der Waals surface area contributed by atoms with E-state index in [1.807, 2.05) is 54.8 Å². The van der Waals surface area contributed by atoms with Crippen molar-refractivity contribution in [2.45, 2.75) is 26.4 Å². The predicted molar refractivity (Wildman–Crippen MR) is 111 cm³/mol. The van der Waals surface area contributed by atoms with Crippen LogP contribution in [0.1, 0.15) is 28.5 Å². The number of aromatic nitrogens is 1. The SMILES string of the molecule is Cc1ccc(Cn2c(C(=O)N3CCN(S(C)(=O)=O)[C@H](C)C3)cc3ccoc32)cc1.